The van der Waals surface area contributed by atoms with Crippen LogP contribution in [0.25, 0.3) is 4.96 Å². The fourth-order valence-corrected chi connectivity index (χ4v) is 3.80. The molecule has 1 saturated heterocycles. The molecule has 0 unspecified atom stereocenters. The van der Waals surface area contributed by atoms with E-state index >= 15 is 0 Å². The molecule has 1 aliphatic heterocycles. The third-order valence-corrected chi connectivity index (χ3v) is 5.18. The van der Waals surface area contributed by atoms with Gasteiger partial charge < -0.3 is 10.0 Å². The molecule has 118 valence electrons. The van der Waals surface area contributed by atoms with E-state index < -0.39 is 11.5 Å². The summed E-state index contributed by atoms with van der Waals surface area (Å²) in [4.78, 5) is 29.0. The van der Waals surface area contributed by atoms with Gasteiger partial charge in [0, 0.05) is 19.2 Å². The molecule has 0 aromatic carbocycles. The number of nitrogens with zero attached hydrogens (tertiary/aromatic N) is 4. The first-order valence-electron chi connectivity index (χ1n) is 7.35. The van der Waals surface area contributed by atoms with Gasteiger partial charge in [0.25, 0.3) is 5.56 Å². The Morgan fingerprint density at radius 2 is 2.09 bits per heavy atom. The van der Waals surface area contributed by atoms with Crippen LogP contribution >= 0.6 is 11.3 Å². The Bertz CT molecular complexity index is 759. The van der Waals surface area contributed by atoms with Crippen molar-refractivity contribution in [3.8, 4) is 0 Å². The minimum Gasteiger partial charge on any atom is -0.477 e. The van der Waals surface area contributed by atoms with Crippen LogP contribution in [0.4, 0.5) is 5.13 Å². The number of aromatic carboxylic acids is 1. The van der Waals surface area contributed by atoms with Crippen molar-refractivity contribution < 1.29 is 9.90 Å². The molecular formula is C14H18N4O3S. The first kappa shape index (κ1) is 15.0. The second-order valence-corrected chi connectivity index (χ2v) is 6.87. The second-order valence-electron chi connectivity index (χ2n) is 5.93. The van der Waals surface area contributed by atoms with Crippen molar-refractivity contribution >= 4 is 27.4 Å². The minimum atomic E-state index is -1.18. The average Bonchev–Trinajstić information content (AvgIpc) is 2.89. The Hall–Kier alpha value is -1.96. The van der Waals surface area contributed by atoms with Gasteiger partial charge in [-0.05, 0) is 24.7 Å². The normalized spacial score (nSPS) is 16.6. The van der Waals surface area contributed by atoms with E-state index in [0.717, 1.165) is 43.0 Å². The maximum absolute atomic E-state index is 11.5. The summed E-state index contributed by atoms with van der Waals surface area (Å²) in [6.45, 7) is 6.28. The molecule has 3 rings (SSSR count). The SMILES string of the molecule is CC(C)C1CCN(c2nn3c(C(=O)O)cc(=O)nc3s2)CC1. The van der Waals surface area contributed by atoms with Gasteiger partial charge in [-0.15, -0.1) is 5.10 Å². The predicted molar refractivity (Wildman–Crippen MR) is 83.9 cm³/mol. The van der Waals surface area contributed by atoms with E-state index in [1.807, 2.05) is 0 Å². The highest BCUT2D eigenvalue weighted by molar-refractivity contribution is 7.20. The number of anilines is 1. The van der Waals surface area contributed by atoms with Gasteiger partial charge in [0.05, 0.1) is 0 Å². The van der Waals surface area contributed by atoms with E-state index in [1.54, 1.807) is 0 Å². The Balaban J connectivity index is 1.92. The zero-order valence-corrected chi connectivity index (χ0v) is 13.3. The molecule has 8 heteroatoms. The van der Waals surface area contributed by atoms with E-state index in [2.05, 4.69) is 28.8 Å². The molecule has 2 aromatic rings. The number of piperidine rings is 1. The number of hydrogen-bond donors (Lipinski definition) is 1. The third kappa shape index (κ3) is 2.70. The smallest absolute Gasteiger partial charge is 0.354 e. The van der Waals surface area contributed by atoms with Crippen LogP contribution in [0.3, 0.4) is 0 Å². The molecule has 3 heterocycles. The Kier molecular flexibility index (Phi) is 3.86. The van der Waals surface area contributed by atoms with Gasteiger partial charge in [-0.25, -0.2) is 4.79 Å². The van der Waals surface area contributed by atoms with E-state index in [9.17, 15) is 14.7 Å². The molecule has 0 saturated carbocycles. The first-order valence-corrected chi connectivity index (χ1v) is 8.16. The van der Waals surface area contributed by atoms with Gasteiger partial charge in [-0.1, -0.05) is 25.2 Å². The lowest BCUT2D eigenvalue weighted by molar-refractivity contribution is 0.0687. The summed E-state index contributed by atoms with van der Waals surface area (Å²) in [6, 6.07) is 1.00. The van der Waals surface area contributed by atoms with Crippen LogP contribution in [0.5, 0.6) is 0 Å². The quantitative estimate of drug-likeness (QED) is 0.926. The predicted octanol–water partition coefficient (Wildman–Crippen LogP) is 1.72. The lowest BCUT2D eigenvalue weighted by Crippen LogP contribution is -2.35. The summed E-state index contributed by atoms with van der Waals surface area (Å²) >= 11 is 1.26. The number of rotatable bonds is 3. The Morgan fingerprint density at radius 3 is 2.68 bits per heavy atom. The van der Waals surface area contributed by atoms with Crippen LogP contribution in [0.2, 0.25) is 0 Å². The maximum atomic E-state index is 11.5. The van der Waals surface area contributed by atoms with Crippen LogP contribution < -0.4 is 10.5 Å². The van der Waals surface area contributed by atoms with Gasteiger partial charge >= 0.3 is 5.97 Å². The van der Waals surface area contributed by atoms with Crippen molar-refractivity contribution in [1.82, 2.24) is 14.6 Å². The van der Waals surface area contributed by atoms with Crippen LogP contribution in [-0.2, 0) is 0 Å². The molecule has 1 aliphatic rings. The summed E-state index contributed by atoms with van der Waals surface area (Å²) in [5, 5.41) is 14.3. The molecule has 0 atom stereocenters. The molecule has 22 heavy (non-hydrogen) atoms. The van der Waals surface area contributed by atoms with Gasteiger partial charge in [0.2, 0.25) is 10.1 Å². The number of hydrogen-bond acceptors (Lipinski definition) is 6. The molecule has 0 amide bonds. The van der Waals surface area contributed by atoms with Crippen molar-refractivity contribution in [2.45, 2.75) is 26.7 Å². The van der Waals surface area contributed by atoms with Crippen molar-refractivity contribution in [3.05, 3.63) is 22.1 Å². The maximum Gasteiger partial charge on any atom is 0.354 e. The zero-order valence-electron chi connectivity index (χ0n) is 12.5. The highest BCUT2D eigenvalue weighted by Gasteiger charge is 2.24. The average molecular weight is 322 g/mol. The first-order chi connectivity index (χ1) is 10.5. The number of carboxylic acid groups (broad SMARTS) is 1. The topological polar surface area (TPSA) is 87.8 Å². The second kappa shape index (κ2) is 5.68. The van der Waals surface area contributed by atoms with E-state index in [1.165, 1.54) is 15.9 Å². The highest BCUT2D eigenvalue weighted by Crippen LogP contribution is 2.30. The summed E-state index contributed by atoms with van der Waals surface area (Å²) < 4.78 is 1.25. The molecule has 0 spiro atoms. The Morgan fingerprint density at radius 1 is 1.41 bits per heavy atom. The third-order valence-electron chi connectivity index (χ3n) is 4.22. The van der Waals surface area contributed by atoms with E-state index in [0.29, 0.717) is 10.9 Å². The largest absolute Gasteiger partial charge is 0.477 e. The number of fused-ring (bicyclic) bond motifs is 1. The fraction of sp³-hybridized carbons (Fsp3) is 0.571. The van der Waals surface area contributed by atoms with Crippen LogP contribution in [0, 0.1) is 11.8 Å². The summed E-state index contributed by atoms with van der Waals surface area (Å²) in [5.74, 6) is 0.222. The summed E-state index contributed by atoms with van der Waals surface area (Å²) in [7, 11) is 0. The van der Waals surface area contributed by atoms with Crippen LogP contribution in [0.1, 0.15) is 37.2 Å². The van der Waals surface area contributed by atoms with Crippen molar-refractivity contribution in [2.24, 2.45) is 11.8 Å². The monoisotopic (exact) mass is 322 g/mol. The standard InChI is InChI=1S/C14H18N4O3S/c1-8(2)9-3-5-17(6-4-9)14-16-18-10(12(20)21)7-11(19)15-13(18)22-14/h7-9H,3-6H2,1-2H3,(H,20,21). The molecule has 1 fully saturated rings. The summed E-state index contributed by atoms with van der Waals surface area (Å²) in [5.41, 5.74) is -0.694. The lowest BCUT2D eigenvalue weighted by atomic mass is 9.87. The van der Waals surface area contributed by atoms with Gasteiger partial charge in [0.1, 0.15) is 0 Å². The zero-order chi connectivity index (χ0) is 15.9. The molecule has 1 N–H and O–H groups in total. The van der Waals surface area contributed by atoms with Gasteiger partial charge in [-0.3, -0.25) is 4.79 Å². The van der Waals surface area contributed by atoms with Crippen LogP contribution in [-0.4, -0.2) is 38.8 Å². The molecule has 0 radical (unpaired) electrons. The Labute approximate surface area is 131 Å². The molecule has 7 nitrogen and oxygen atoms in total. The van der Waals surface area contributed by atoms with E-state index in [4.69, 9.17) is 0 Å². The molecular weight excluding hydrogens is 304 g/mol. The number of carboxylic acids is 1. The van der Waals surface area contributed by atoms with Crippen molar-refractivity contribution in [1.29, 1.82) is 0 Å². The lowest BCUT2D eigenvalue weighted by Gasteiger charge is -2.33. The van der Waals surface area contributed by atoms with Crippen LogP contribution in [0.15, 0.2) is 10.9 Å². The summed E-state index contributed by atoms with van der Waals surface area (Å²) in [6.07, 6.45) is 2.20. The molecule has 0 aliphatic carbocycles. The van der Waals surface area contributed by atoms with Gasteiger partial charge in [0.15, 0.2) is 5.69 Å². The van der Waals surface area contributed by atoms with Crippen molar-refractivity contribution in [2.75, 3.05) is 18.0 Å². The van der Waals surface area contributed by atoms with Gasteiger partial charge in [-0.2, -0.15) is 9.50 Å². The minimum absolute atomic E-state index is 0.144. The highest BCUT2D eigenvalue weighted by atomic mass is 32.1. The molecule has 2 aromatic heterocycles. The van der Waals surface area contributed by atoms with Crippen molar-refractivity contribution in [3.63, 3.8) is 0 Å². The van der Waals surface area contributed by atoms with E-state index in [-0.39, 0.29) is 5.69 Å². The molecule has 0 bridgehead atoms. The number of aromatic nitrogens is 3. The fourth-order valence-electron chi connectivity index (χ4n) is 2.84. The number of carbonyl (C=O) groups is 1.